The number of benzene rings is 2. The van der Waals surface area contributed by atoms with Crippen molar-refractivity contribution in [1.29, 1.82) is 5.26 Å². The minimum Gasteiger partial charge on any atom is -0.325 e. The molecule has 3 atom stereocenters. The summed E-state index contributed by atoms with van der Waals surface area (Å²) >= 11 is 0. The van der Waals surface area contributed by atoms with Crippen LogP contribution in [0.25, 0.3) is 11.0 Å². The largest absolute Gasteiger partial charge is 0.325 e. The van der Waals surface area contributed by atoms with Crippen LogP contribution in [0.15, 0.2) is 48.5 Å². The van der Waals surface area contributed by atoms with Gasteiger partial charge in [-0.1, -0.05) is 44.2 Å². The van der Waals surface area contributed by atoms with Crippen molar-refractivity contribution >= 4 is 46.3 Å². The maximum Gasteiger partial charge on any atom is 0.316 e. The van der Waals surface area contributed by atoms with Gasteiger partial charge in [0.1, 0.15) is 12.1 Å². The molecule has 4 amide bonds. The lowest BCUT2D eigenvalue weighted by Gasteiger charge is -2.33. The van der Waals surface area contributed by atoms with Crippen LogP contribution in [0.3, 0.4) is 0 Å². The van der Waals surface area contributed by atoms with Crippen molar-refractivity contribution in [3.05, 3.63) is 54.1 Å². The van der Waals surface area contributed by atoms with Gasteiger partial charge in [-0.3, -0.25) is 24.5 Å². The fraction of sp³-hybridized carbons (Fsp3) is 0.379. The van der Waals surface area contributed by atoms with Gasteiger partial charge in [0, 0.05) is 32.7 Å². The first-order chi connectivity index (χ1) is 19.1. The molecule has 3 heterocycles. The van der Waals surface area contributed by atoms with E-state index in [1.54, 1.807) is 23.7 Å². The van der Waals surface area contributed by atoms with Crippen molar-refractivity contribution in [2.24, 2.45) is 13.0 Å². The van der Waals surface area contributed by atoms with Crippen LogP contribution in [0.4, 0.5) is 11.6 Å². The molecule has 2 aromatic carbocycles. The monoisotopic (exact) mass is 541 g/mol. The second-order valence-corrected chi connectivity index (χ2v) is 10.9. The van der Waals surface area contributed by atoms with E-state index in [0.29, 0.717) is 11.2 Å². The minimum atomic E-state index is -1.05. The van der Waals surface area contributed by atoms with Gasteiger partial charge in [-0.15, -0.1) is 0 Å². The Kier molecular flexibility index (Phi) is 6.79. The third-order valence-corrected chi connectivity index (χ3v) is 7.89. The number of anilines is 2. The summed E-state index contributed by atoms with van der Waals surface area (Å²) in [7, 11) is 3.14. The number of amides is 4. The average molecular weight is 542 g/mol. The highest BCUT2D eigenvalue weighted by Gasteiger charge is 2.56. The Morgan fingerprint density at radius 1 is 1.20 bits per heavy atom. The van der Waals surface area contributed by atoms with Crippen LogP contribution in [-0.4, -0.2) is 68.7 Å². The van der Waals surface area contributed by atoms with Gasteiger partial charge in [0.05, 0.1) is 22.5 Å². The molecule has 0 radical (unpaired) electrons. The maximum atomic E-state index is 14.0. The number of likely N-dealkylation sites (N-methyl/N-ethyl adjacent to an activating group) is 1. The number of aryl methyl sites for hydroxylation is 1. The van der Waals surface area contributed by atoms with Crippen LogP contribution in [-0.2, 0) is 31.6 Å². The summed E-state index contributed by atoms with van der Waals surface area (Å²) in [5, 5.41) is 15.4. The molecule has 11 heteroatoms. The van der Waals surface area contributed by atoms with Gasteiger partial charge in [-0.05, 0) is 36.1 Å². The Hall–Kier alpha value is -4.72. The van der Waals surface area contributed by atoms with E-state index in [2.05, 4.69) is 21.7 Å². The van der Waals surface area contributed by atoms with Gasteiger partial charge < -0.3 is 19.7 Å². The number of aromatic nitrogens is 2. The molecule has 206 valence electrons. The molecule has 0 aliphatic carbocycles. The molecule has 1 spiro atoms. The molecule has 2 aliphatic rings. The van der Waals surface area contributed by atoms with Gasteiger partial charge in [0.25, 0.3) is 0 Å². The minimum absolute atomic E-state index is 0.000273. The van der Waals surface area contributed by atoms with Crippen molar-refractivity contribution in [2.45, 2.75) is 44.2 Å². The summed E-state index contributed by atoms with van der Waals surface area (Å²) in [6.07, 6.45) is 0.419. The van der Waals surface area contributed by atoms with Crippen molar-refractivity contribution in [3.8, 4) is 6.07 Å². The zero-order valence-corrected chi connectivity index (χ0v) is 22.8. The molecule has 1 fully saturated rings. The molecule has 0 bridgehead atoms. The van der Waals surface area contributed by atoms with E-state index < -0.39 is 35.2 Å². The molecule has 1 aromatic heterocycles. The lowest BCUT2D eigenvalue weighted by atomic mass is 9.80. The fourth-order valence-corrected chi connectivity index (χ4v) is 5.76. The molecule has 0 saturated carbocycles. The number of para-hydroxylation sites is 3. The molecule has 1 saturated heterocycles. The number of carbonyl (C=O) groups is 4. The summed E-state index contributed by atoms with van der Waals surface area (Å²) < 4.78 is 1.67. The number of carbonyl (C=O) groups excluding carboxylic acids is 4. The number of rotatable bonds is 5. The average Bonchev–Trinajstić information content (AvgIpc) is 3.58. The highest BCUT2D eigenvalue weighted by atomic mass is 16.2. The van der Waals surface area contributed by atoms with Crippen LogP contribution in [0.5, 0.6) is 0 Å². The summed E-state index contributed by atoms with van der Waals surface area (Å²) in [4.78, 5) is 60.4. The first-order valence-corrected chi connectivity index (χ1v) is 13.2. The van der Waals surface area contributed by atoms with Crippen molar-refractivity contribution < 1.29 is 19.2 Å². The van der Waals surface area contributed by atoms with Gasteiger partial charge in [0.2, 0.25) is 17.8 Å². The molecule has 5 rings (SSSR count). The summed E-state index contributed by atoms with van der Waals surface area (Å²) in [6.45, 7) is 3.83. The zero-order chi connectivity index (χ0) is 28.8. The maximum absolute atomic E-state index is 14.0. The number of nitrogens with zero attached hydrogens (tertiary/aromatic N) is 5. The molecule has 0 unspecified atom stereocenters. The van der Waals surface area contributed by atoms with E-state index in [-0.39, 0.29) is 37.2 Å². The van der Waals surface area contributed by atoms with Crippen molar-refractivity contribution in [3.63, 3.8) is 0 Å². The van der Waals surface area contributed by atoms with Crippen LogP contribution >= 0.6 is 0 Å². The summed E-state index contributed by atoms with van der Waals surface area (Å²) in [5.41, 5.74) is 1.83. The van der Waals surface area contributed by atoms with E-state index in [9.17, 15) is 24.4 Å². The predicted molar refractivity (Wildman–Crippen MR) is 148 cm³/mol. The first kappa shape index (κ1) is 26.9. The zero-order valence-electron chi connectivity index (χ0n) is 22.8. The first-order valence-electron chi connectivity index (χ1n) is 13.2. The Bertz CT molecular complexity index is 1570. The molecular weight excluding hydrogens is 510 g/mol. The van der Waals surface area contributed by atoms with Crippen LogP contribution < -0.4 is 10.6 Å². The molecule has 3 aromatic rings. The van der Waals surface area contributed by atoms with Crippen molar-refractivity contribution in [2.75, 3.05) is 24.2 Å². The fourth-order valence-electron chi connectivity index (χ4n) is 5.76. The smallest absolute Gasteiger partial charge is 0.316 e. The topological polar surface area (TPSA) is 140 Å². The van der Waals surface area contributed by atoms with Gasteiger partial charge in [-0.2, -0.15) is 5.26 Å². The van der Waals surface area contributed by atoms with Crippen LogP contribution in [0.1, 0.15) is 32.3 Å². The number of imidazole rings is 1. The quantitative estimate of drug-likeness (QED) is 0.476. The second-order valence-electron chi connectivity index (χ2n) is 10.9. The number of likely N-dealkylation sites (tertiary alicyclic amines) is 1. The third kappa shape index (κ3) is 4.35. The van der Waals surface area contributed by atoms with Gasteiger partial charge >= 0.3 is 11.8 Å². The standard InChI is InChI=1S/C29H31N7O4/c1-17(2)13-23(34(3)26(39)24(37)33-28-32-21-11-7-8-12-22(21)35(28)4)25(38)36-16-29(14-18(36)15-30)19-9-5-6-10-20(19)31-27(29)40/h5-12,17-18,23H,13-14,16H2,1-4H3,(H,31,40)(H,32,33,37)/t18-,23-,29-/m0/s1. The van der Waals surface area contributed by atoms with Crippen LogP contribution in [0.2, 0.25) is 0 Å². The van der Waals surface area contributed by atoms with Crippen LogP contribution in [0, 0.1) is 17.2 Å². The SMILES string of the molecule is CC(C)C[C@@H](C(=O)N1C[C@]2(C[C@H]1C#N)C(=O)Nc1ccccc12)N(C)C(=O)C(=O)Nc1nc2ccccc2n1C. The number of nitriles is 1. The van der Waals surface area contributed by atoms with E-state index in [1.807, 2.05) is 50.2 Å². The highest BCUT2D eigenvalue weighted by Crippen LogP contribution is 2.46. The number of fused-ring (bicyclic) bond motifs is 3. The Morgan fingerprint density at radius 2 is 1.90 bits per heavy atom. The third-order valence-electron chi connectivity index (χ3n) is 7.89. The van der Waals surface area contributed by atoms with Crippen molar-refractivity contribution in [1.82, 2.24) is 19.4 Å². The van der Waals surface area contributed by atoms with E-state index in [0.717, 1.165) is 16.0 Å². The number of nitrogens with one attached hydrogen (secondary N) is 2. The van der Waals surface area contributed by atoms with E-state index in [4.69, 9.17) is 0 Å². The number of hydrogen-bond donors (Lipinski definition) is 2. The Balaban J connectivity index is 1.39. The molecule has 2 N–H and O–H groups in total. The van der Waals surface area contributed by atoms with Gasteiger partial charge in [-0.25, -0.2) is 4.98 Å². The molecular formula is C29H31N7O4. The summed E-state index contributed by atoms with van der Waals surface area (Å²) in [6, 6.07) is 14.9. The summed E-state index contributed by atoms with van der Waals surface area (Å²) in [5.74, 6) is -2.35. The second kappa shape index (κ2) is 10.1. The normalized spacial score (nSPS) is 20.4. The predicted octanol–water partition coefficient (Wildman–Crippen LogP) is 2.40. The molecule has 40 heavy (non-hydrogen) atoms. The van der Waals surface area contributed by atoms with E-state index >= 15 is 0 Å². The van der Waals surface area contributed by atoms with Gasteiger partial charge in [0.15, 0.2) is 0 Å². The molecule has 2 aliphatic heterocycles. The Morgan fingerprint density at radius 3 is 2.60 bits per heavy atom. The number of hydrogen-bond acceptors (Lipinski definition) is 6. The van der Waals surface area contributed by atoms with E-state index in [1.165, 1.54) is 11.9 Å². The lowest BCUT2D eigenvalue weighted by Crippen LogP contribution is -2.53. The molecule has 11 nitrogen and oxygen atoms in total. The Labute approximate surface area is 231 Å². The highest BCUT2D eigenvalue weighted by molar-refractivity contribution is 6.39. The lowest BCUT2D eigenvalue weighted by molar-refractivity contribution is -0.149.